The van der Waals surface area contributed by atoms with Gasteiger partial charge in [-0.3, -0.25) is 9.59 Å². The summed E-state index contributed by atoms with van der Waals surface area (Å²) in [7, 11) is 0. The normalized spacial score (nSPS) is 15.2. The highest BCUT2D eigenvalue weighted by Gasteiger charge is 2.35. The van der Waals surface area contributed by atoms with Gasteiger partial charge in [-0.1, -0.05) is 12.1 Å². The van der Waals surface area contributed by atoms with Crippen LogP contribution in [0.1, 0.15) is 22.5 Å². The number of carboxylic acids is 1. The molecule has 0 radical (unpaired) electrons. The molecule has 2 heterocycles. The Morgan fingerprint density at radius 3 is 2.76 bits per heavy atom. The zero-order valence-corrected chi connectivity index (χ0v) is 11.4. The van der Waals surface area contributed by atoms with E-state index in [0.29, 0.717) is 24.0 Å². The molecule has 0 aliphatic carbocycles. The van der Waals surface area contributed by atoms with Crippen LogP contribution in [0.5, 0.6) is 0 Å². The quantitative estimate of drug-likeness (QED) is 0.942. The topological polar surface area (TPSA) is 70.8 Å². The second-order valence-electron chi connectivity index (χ2n) is 5.35. The number of halogens is 1. The van der Waals surface area contributed by atoms with Crippen molar-refractivity contribution in [2.75, 3.05) is 13.1 Å². The third-order valence-electron chi connectivity index (χ3n) is 3.82. The van der Waals surface area contributed by atoms with E-state index in [9.17, 15) is 14.0 Å². The lowest BCUT2D eigenvalue weighted by Crippen LogP contribution is -2.50. The standard InChI is InChI=1S/C15H14FNO4/c1-8-10-3-2-4-11(16)14(10)21-13(8)15(20)17-6-9(7-17)5-12(18)19/h2-4,9H,5-7H2,1H3,(H,18,19). The maximum Gasteiger partial charge on any atom is 0.303 e. The van der Waals surface area contributed by atoms with Crippen molar-refractivity contribution in [2.45, 2.75) is 13.3 Å². The van der Waals surface area contributed by atoms with Crippen LogP contribution in [-0.2, 0) is 4.79 Å². The van der Waals surface area contributed by atoms with Crippen LogP contribution in [0.15, 0.2) is 22.6 Å². The van der Waals surface area contributed by atoms with Crippen LogP contribution in [0.2, 0.25) is 0 Å². The fourth-order valence-corrected chi connectivity index (χ4v) is 2.67. The van der Waals surface area contributed by atoms with Gasteiger partial charge in [0.1, 0.15) is 0 Å². The minimum atomic E-state index is -0.867. The molecular weight excluding hydrogens is 277 g/mol. The summed E-state index contributed by atoms with van der Waals surface area (Å²) in [4.78, 5) is 24.4. The smallest absolute Gasteiger partial charge is 0.303 e. The number of carbonyl (C=O) groups excluding carboxylic acids is 1. The molecular formula is C15H14FNO4. The minimum absolute atomic E-state index is 0.0205. The molecule has 0 spiro atoms. The number of para-hydroxylation sites is 1. The van der Waals surface area contributed by atoms with Crippen LogP contribution in [-0.4, -0.2) is 35.0 Å². The van der Waals surface area contributed by atoms with E-state index >= 15 is 0 Å². The Morgan fingerprint density at radius 2 is 2.14 bits per heavy atom. The fraction of sp³-hybridized carbons (Fsp3) is 0.333. The second-order valence-corrected chi connectivity index (χ2v) is 5.35. The first-order chi connectivity index (χ1) is 9.97. The van der Waals surface area contributed by atoms with Crippen LogP contribution in [0, 0.1) is 18.7 Å². The number of hydrogen-bond acceptors (Lipinski definition) is 3. The summed E-state index contributed by atoms with van der Waals surface area (Å²) in [6.07, 6.45) is 0.0531. The Kier molecular flexibility index (Phi) is 3.16. The Balaban J connectivity index is 1.82. The van der Waals surface area contributed by atoms with E-state index < -0.39 is 11.8 Å². The van der Waals surface area contributed by atoms with Crippen molar-refractivity contribution in [1.82, 2.24) is 4.90 Å². The van der Waals surface area contributed by atoms with E-state index in [1.807, 2.05) is 0 Å². The highest BCUT2D eigenvalue weighted by atomic mass is 19.1. The summed E-state index contributed by atoms with van der Waals surface area (Å²) in [6.45, 7) is 2.50. The van der Waals surface area contributed by atoms with Crippen molar-refractivity contribution in [2.24, 2.45) is 5.92 Å². The van der Waals surface area contributed by atoms with E-state index in [-0.39, 0.29) is 29.6 Å². The Bertz CT molecular complexity index is 731. The van der Waals surface area contributed by atoms with Crippen LogP contribution >= 0.6 is 0 Å². The van der Waals surface area contributed by atoms with Gasteiger partial charge in [0.05, 0.1) is 6.42 Å². The third-order valence-corrected chi connectivity index (χ3v) is 3.82. The number of benzene rings is 1. The molecule has 1 amide bonds. The van der Waals surface area contributed by atoms with E-state index in [4.69, 9.17) is 9.52 Å². The molecule has 0 atom stereocenters. The van der Waals surface area contributed by atoms with E-state index in [1.54, 1.807) is 19.1 Å². The van der Waals surface area contributed by atoms with Crippen molar-refractivity contribution in [3.63, 3.8) is 0 Å². The van der Waals surface area contributed by atoms with Gasteiger partial charge in [-0.05, 0) is 13.0 Å². The lowest BCUT2D eigenvalue weighted by molar-refractivity contribution is -0.139. The highest BCUT2D eigenvalue weighted by molar-refractivity contribution is 5.99. The van der Waals surface area contributed by atoms with Crippen molar-refractivity contribution in [3.8, 4) is 0 Å². The van der Waals surface area contributed by atoms with Crippen LogP contribution in [0.25, 0.3) is 11.0 Å². The van der Waals surface area contributed by atoms with E-state index in [1.165, 1.54) is 11.0 Å². The predicted octanol–water partition coefficient (Wildman–Crippen LogP) is 2.43. The number of rotatable bonds is 3. The number of amides is 1. The Hall–Kier alpha value is -2.37. The van der Waals surface area contributed by atoms with Gasteiger partial charge >= 0.3 is 5.97 Å². The first-order valence-electron chi connectivity index (χ1n) is 6.66. The van der Waals surface area contributed by atoms with E-state index in [2.05, 4.69) is 0 Å². The van der Waals surface area contributed by atoms with Crippen LogP contribution in [0.3, 0.4) is 0 Å². The molecule has 0 unspecified atom stereocenters. The maximum absolute atomic E-state index is 13.7. The summed E-state index contributed by atoms with van der Waals surface area (Å²) in [5.74, 6) is -1.57. The largest absolute Gasteiger partial charge is 0.481 e. The highest BCUT2D eigenvalue weighted by Crippen LogP contribution is 2.30. The number of fused-ring (bicyclic) bond motifs is 1. The molecule has 1 N–H and O–H groups in total. The van der Waals surface area contributed by atoms with Crippen molar-refractivity contribution in [1.29, 1.82) is 0 Å². The van der Waals surface area contributed by atoms with Crippen molar-refractivity contribution >= 4 is 22.8 Å². The molecule has 2 aromatic rings. The first kappa shape index (κ1) is 13.6. The summed E-state index contributed by atoms with van der Waals surface area (Å²) >= 11 is 0. The number of nitrogens with zero attached hydrogens (tertiary/aromatic N) is 1. The Labute approximate surface area is 119 Å². The molecule has 0 bridgehead atoms. The average molecular weight is 291 g/mol. The molecule has 1 aliphatic heterocycles. The van der Waals surface area contributed by atoms with Gasteiger partial charge in [0, 0.05) is 30.0 Å². The first-order valence-corrected chi connectivity index (χ1v) is 6.66. The number of furan rings is 1. The minimum Gasteiger partial charge on any atom is -0.481 e. The summed E-state index contributed by atoms with van der Waals surface area (Å²) in [6, 6.07) is 4.56. The predicted molar refractivity (Wildman–Crippen MR) is 72.6 cm³/mol. The number of aryl methyl sites for hydroxylation is 1. The molecule has 3 rings (SSSR count). The molecule has 1 fully saturated rings. The molecule has 5 nitrogen and oxygen atoms in total. The summed E-state index contributed by atoms with van der Waals surface area (Å²) < 4.78 is 19.0. The van der Waals surface area contributed by atoms with Crippen LogP contribution < -0.4 is 0 Å². The fourth-order valence-electron chi connectivity index (χ4n) is 2.67. The van der Waals surface area contributed by atoms with E-state index in [0.717, 1.165) is 0 Å². The maximum atomic E-state index is 13.7. The zero-order valence-electron chi connectivity index (χ0n) is 11.4. The number of aliphatic carboxylic acids is 1. The molecule has 6 heteroatoms. The number of hydrogen-bond donors (Lipinski definition) is 1. The number of likely N-dealkylation sites (tertiary alicyclic amines) is 1. The SMILES string of the molecule is Cc1c(C(=O)N2CC(CC(=O)O)C2)oc2c(F)cccc12. The Morgan fingerprint density at radius 1 is 1.43 bits per heavy atom. The van der Waals surface area contributed by atoms with Gasteiger partial charge in [0.15, 0.2) is 17.2 Å². The molecule has 1 saturated heterocycles. The van der Waals surface area contributed by atoms with Gasteiger partial charge in [0.25, 0.3) is 5.91 Å². The van der Waals surface area contributed by atoms with Gasteiger partial charge in [0.2, 0.25) is 0 Å². The van der Waals surface area contributed by atoms with Gasteiger partial charge in [-0.2, -0.15) is 0 Å². The molecule has 1 aromatic carbocycles. The molecule has 0 saturated carbocycles. The summed E-state index contributed by atoms with van der Waals surface area (Å²) in [5.41, 5.74) is 0.692. The van der Waals surface area contributed by atoms with Gasteiger partial charge in [-0.15, -0.1) is 0 Å². The summed E-state index contributed by atoms with van der Waals surface area (Å²) in [5, 5.41) is 9.28. The molecule has 1 aliphatic rings. The third kappa shape index (κ3) is 2.26. The number of carboxylic acid groups (broad SMARTS) is 1. The second kappa shape index (κ2) is 4.87. The van der Waals surface area contributed by atoms with Crippen molar-refractivity contribution in [3.05, 3.63) is 35.3 Å². The number of carbonyl (C=O) groups is 2. The van der Waals surface area contributed by atoms with Crippen LogP contribution in [0.4, 0.5) is 4.39 Å². The lowest BCUT2D eigenvalue weighted by atomic mass is 9.96. The van der Waals surface area contributed by atoms with Crippen molar-refractivity contribution < 1.29 is 23.5 Å². The monoisotopic (exact) mass is 291 g/mol. The molecule has 21 heavy (non-hydrogen) atoms. The average Bonchev–Trinajstić information content (AvgIpc) is 2.72. The van der Waals surface area contributed by atoms with Gasteiger partial charge < -0.3 is 14.4 Å². The lowest BCUT2D eigenvalue weighted by Gasteiger charge is -2.38. The van der Waals surface area contributed by atoms with Gasteiger partial charge in [-0.25, -0.2) is 4.39 Å². The molecule has 1 aromatic heterocycles. The zero-order chi connectivity index (χ0) is 15.1. The molecule has 110 valence electrons.